The zero-order valence-electron chi connectivity index (χ0n) is 9.78. The summed E-state index contributed by atoms with van der Waals surface area (Å²) < 4.78 is 37.0. The second kappa shape index (κ2) is 8.66. The van der Waals surface area contributed by atoms with E-state index in [-0.39, 0.29) is 13.1 Å². The van der Waals surface area contributed by atoms with Crippen molar-refractivity contribution in [2.24, 2.45) is 0 Å². The average Bonchev–Trinajstić information content (AvgIpc) is 2.16. The molecule has 0 unspecified atom stereocenters. The van der Waals surface area contributed by atoms with Gasteiger partial charge < -0.3 is 9.47 Å². The Labute approximate surface area is 97.2 Å². The summed E-state index contributed by atoms with van der Waals surface area (Å²) in [6.07, 6.45) is 0. The Kier molecular flexibility index (Phi) is 8.40. The van der Waals surface area contributed by atoms with Crippen molar-refractivity contribution in [1.29, 1.82) is 0 Å². The molecule has 0 aromatic heterocycles. The minimum absolute atomic E-state index is 0.232. The van der Waals surface area contributed by atoms with Crippen molar-refractivity contribution in [2.45, 2.75) is 6.92 Å². The van der Waals surface area contributed by atoms with Crippen molar-refractivity contribution < 1.29 is 17.9 Å². The van der Waals surface area contributed by atoms with Crippen LogP contribution in [0.2, 0.25) is 0 Å². The summed E-state index contributed by atoms with van der Waals surface area (Å²) in [5.74, 6) is 0. The Balaban J connectivity index is 3.54. The molecular formula is C9H20N2O4S. The topological polar surface area (TPSA) is 76.7 Å². The molecule has 0 saturated carbocycles. The van der Waals surface area contributed by atoms with E-state index >= 15 is 0 Å². The van der Waals surface area contributed by atoms with E-state index < -0.39 is 10.2 Å². The fourth-order valence-corrected chi connectivity index (χ4v) is 1.63. The van der Waals surface area contributed by atoms with Crippen LogP contribution in [0.25, 0.3) is 0 Å². The Bertz CT molecular complexity index is 290. The molecule has 0 atom stereocenters. The van der Waals surface area contributed by atoms with E-state index in [2.05, 4.69) is 16.0 Å². The molecule has 0 amide bonds. The molecule has 0 aromatic rings. The maximum atomic E-state index is 11.3. The summed E-state index contributed by atoms with van der Waals surface area (Å²) in [4.78, 5) is 0. The van der Waals surface area contributed by atoms with Crippen molar-refractivity contribution in [2.75, 3.05) is 40.0 Å². The predicted octanol–water partition coefficient (Wildman–Crippen LogP) is -0.350. The van der Waals surface area contributed by atoms with Crippen LogP contribution in [-0.2, 0) is 19.7 Å². The predicted molar refractivity (Wildman–Crippen MR) is 62.4 cm³/mol. The number of rotatable bonds is 10. The fourth-order valence-electron chi connectivity index (χ4n) is 0.824. The molecule has 0 spiro atoms. The van der Waals surface area contributed by atoms with Crippen LogP contribution in [0, 0.1) is 0 Å². The highest BCUT2D eigenvalue weighted by Gasteiger charge is 2.06. The van der Waals surface area contributed by atoms with Gasteiger partial charge in [-0.2, -0.15) is 17.9 Å². The maximum absolute atomic E-state index is 11.3. The lowest BCUT2D eigenvalue weighted by atomic mass is 10.4. The first-order valence-corrected chi connectivity index (χ1v) is 6.41. The lowest BCUT2D eigenvalue weighted by Gasteiger charge is -2.08. The normalized spacial score (nSPS) is 11.6. The highest BCUT2D eigenvalue weighted by Crippen LogP contribution is 1.87. The largest absolute Gasteiger partial charge is 0.383 e. The van der Waals surface area contributed by atoms with Gasteiger partial charge in [0.25, 0.3) is 10.2 Å². The van der Waals surface area contributed by atoms with Gasteiger partial charge in [-0.3, -0.25) is 0 Å². The third-order valence-corrected chi connectivity index (χ3v) is 2.65. The van der Waals surface area contributed by atoms with E-state index in [1.54, 1.807) is 0 Å². The summed E-state index contributed by atoms with van der Waals surface area (Å²) in [5.41, 5.74) is 0.904. The van der Waals surface area contributed by atoms with Gasteiger partial charge in [0.2, 0.25) is 0 Å². The van der Waals surface area contributed by atoms with Gasteiger partial charge in [-0.1, -0.05) is 12.2 Å². The Morgan fingerprint density at radius 1 is 1.25 bits per heavy atom. The van der Waals surface area contributed by atoms with E-state index in [0.29, 0.717) is 19.8 Å². The van der Waals surface area contributed by atoms with Gasteiger partial charge in [-0.15, -0.1) is 0 Å². The number of hydrogen-bond donors (Lipinski definition) is 2. The highest BCUT2D eigenvalue weighted by atomic mass is 32.2. The molecule has 0 aliphatic carbocycles. The zero-order valence-corrected chi connectivity index (χ0v) is 10.6. The van der Waals surface area contributed by atoms with Crippen molar-refractivity contribution in [3.05, 3.63) is 12.2 Å². The monoisotopic (exact) mass is 252 g/mol. The smallest absolute Gasteiger partial charge is 0.277 e. The first-order chi connectivity index (χ1) is 7.48. The Morgan fingerprint density at radius 3 is 2.31 bits per heavy atom. The molecule has 0 heterocycles. The number of nitrogens with one attached hydrogen (secondary N) is 2. The standard InChI is InChI=1S/C9H20N2O4S/c1-9(2)8-15-7-5-11-16(12,13)10-4-6-14-3/h10-11H,1,4-8H2,2-3H3. The van der Waals surface area contributed by atoms with Crippen LogP contribution in [0.15, 0.2) is 12.2 Å². The quantitative estimate of drug-likeness (QED) is 0.411. The number of ether oxygens (including phenoxy) is 2. The molecule has 0 aliphatic heterocycles. The number of hydrogen-bond acceptors (Lipinski definition) is 4. The van der Waals surface area contributed by atoms with Crippen molar-refractivity contribution in [3.8, 4) is 0 Å². The van der Waals surface area contributed by atoms with Gasteiger partial charge in [0.05, 0.1) is 19.8 Å². The van der Waals surface area contributed by atoms with Crippen LogP contribution in [0.1, 0.15) is 6.92 Å². The molecule has 7 heteroatoms. The van der Waals surface area contributed by atoms with Gasteiger partial charge >= 0.3 is 0 Å². The maximum Gasteiger partial charge on any atom is 0.277 e. The van der Waals surface area contributed by atoms with E-state index in [9.17, 15) is 8.42 Å². The van der Waals surface area contributed by atoms with Gasteiger partial charge in [0.15, 0.2) is 0 Å². The molecule has 96 valence electrons. The fraction of sp³-hybridized carbons (Fsp3) is 0.778. The molecule has 0 saturated heterocycles. The molecule has 6 nitrogen and oxygen atoms in total. The SMILES string of the molecule is C=C(C)COCCNS(=O)(=O)NCCOC. The summed E-state index contributed by atoms with van der Waals surface area (Å²) >= 11 is 0. The molecule has 0 bridgehead atoms. The third-order valence-electron chi connectivity index (χ3n) is 1.49. The molecule has 0 radical (unpaired) electrons. The highest BCUT2D eigenvalue weighted by molar-refractivity contribution is 7.87. The third kappa shape index (κ3) is 10.1. The summed E-state index contributed by atoms with van der Waals surface area (Å²) in [5, 5.41) is 0. The molecule has 0 fully saturated rings. The second-order valence-corrected chi connectivity index (χ2v) is 4.88. The summed E-state index contributed by atoms with van der Waals surface area (Å²) in [6.45, 7) is 7.09. The van der Waals surface area contributed by atoms with Gasteiger partial charge in [0, 0.05) is 20.2 Å². The van der Waals surface area contributed by atoms with Crippen LogP contribution < -0.4 is 9.44 Å². The molecule has 2 N–H and O–H groups in total. The summed E-state index contributed by atoms with van der Waals surface area (Å²) in [7, 11) is -1.93. The minimum atomic E-state index is -3.44. The lowest BCUT2D eigenvalue weighted by Crippen LogP contribution is -2.39. The van der Waals surface area contributed by atoms with Crippen molar-refractivity contribution >= 4 is 10.2 Å². The van der Waals surface area contributed by atoms with E-state index in [1.807, 2.05) is 6.92 Å². The van der Waals surface area contributed by atoms with E-state index in [4.69, 9.17) is 9.47 Å². The molecule has 16 heavy (non-hydrogen) atoms. The van der Waals surface area contributed by atoms with Crippen LogP contribution >= 0.6 is 0 Å². The van der Waals surface area contributed by atoms with E-state index in [1.165, 1.54) is 7.11 Å². The zero-order chi connectivity index (χ0) is 12.4. The Hall–Kier alpha value is -0.470. The molecular weight excluding hydrogens is 232 g/mol. The summed E-state index contributed by atoms with van der Waals surface area (Å²) in [6, 6.07) is 0. The van der Waals surface area contributed by atoms with Gasteiger partial charge in [0.1, 0.15) is 0 Å². The van der Waals surface area contributed by atoms with Crippen LogP contribution in [0.5, 0.6) is 0 Å². The Morgan fingerprint density at radius 2 is 1.81 bits per heavy atom. The van der Waals surface area contributed by atoms with Crippen LogP contribution in [0.3, 0.4) is 0 Å². The first kappa shape index (κ1) is 15.5. The first-order valence-electron chi connectivity index (χ1n) is 4.93. The van der Waals surface area contributed by atoms with Gasteiger partial charge in [-0.05, 0) is 6.92 Å². The van der Waals surface area contributed by atoms with E-state index in [0.717, 1.165) is 5.57 Å². The van der Waals surface area contributed by atoms with Crippen molar-refractivity contribution in [3.63, 3.8) is 0 Å². The minimum Gasteiger partial charge on any atom is -0.383 e. The van der Waals surface area contributed by atoms with Crippen LogP contribution in [-0.4, -0.2) is 48.4 Å². The van der Waals surface area contributed by atoms with Crippen LogP contribution in [0.4, 0.5) is 0 Å². The van der Waals surface area contributed by atoms with Crippen molar-refractivity contribution in [1.82, 2.24) is 9.44 Å². The molecule has 0 aliphatic rings. The second-order valence-electron chi connectivity index (χ2n) is 3.29. The molecule has 0 rings (SSSR count). The number of methoxy groups -OCH3 is 1. The molecule has 0 aromatic carbocycles. The van der Waals surface area contributed by atoms with Gasteiger partial charge in [-0.25, -0.2) is 0 Å². The average molecular weight is 252 g/mol. The lowest BCUT2D eigenvalue weighted by molar-refractivity contribution is 0.162.